The van der Waals surface area contributed by atoms with Gasteiger partial charge in [0.25, 0.3) is 0 Å². The summed E-state index contributed by atoms with van der Waals surface area (Å²) in [5, 5.41) is 3.44. The van der Waals surface area contributed by atoms with E-state index in [0.29, 0.717) is 6.61 Å². The van der Waals surface area contributed by atoms with Gasteiger partial charge in [-0.3, -0.25) is 0 Å². The van der Waals surface area contributed by atoms with Crippen LogP contribution in [-0.2, 0) is 0 Å². The van der Waals surface area contributed by atoms with Gasteiger partial charge < -0.3 is 14.8 Å². The zero-order chi connectivity index (χ0) is 14.8. The summed E-state index contributed by atoms with van der Waals surface area (Å²) in [5.41, 5.74) is 2.55. The first kappa shape index (κ1) is 16.6. The lowest BCUT2D eigenvalue weighted by molar-refractivity contribution is 0.311. The van der Waals surface area contributed by atoms with Gasteiger partial charge in [0.1, 0.15) is 0 Å². The molecule has 0 radical (unpaired) electrons. The molecule has 0 aliphatic carbocycles. The second-order valence-electron chi connectivity index (χ2n) is 4.68. The quantitative estimate of drug-likeness (QED) is 0.695. The van der Waals surface area contributed by atoms with Gasteiger partial charge in [-0.1, -0.05) is 31.6 Å². The largest absolute Gasteiger partial charge is 0.493 e. The molecule has 3 nitrogen and oxygen atoms in total. The average Bonchev–Trinajstić information content (AvgIpc) is 2.47. The van der Waals surface area contributed by atoms with Crippen molar-refractivity contribution in [2.24, 2.45) is 0 Å². The van der Waals surface area contributed by atoms with Gasteiger partial charge in [-0.05, 0) is 44.0 Å². The molecule has 0 aliphatic heterocycles. The van der Waals surface area contributed by atoms with Crippen LogP contribution in [0, 0.1) is 0 Å². The number of methoxy groups -OCH3 is 1. The molecule has 0 saturated carbocycles. The molecular formula is C17H27NO2. The van der Waals surface area contributed by atoms with Crippen LogP contribution in [0.4, 0.5) is 0 Å². The van der Waals surface area contributed by atoms with Gasteiger partial charge in [-0.15, -0.1) is 0 Å². The summed E-state index contributed by atoms with van der Waals surface area (Å²) in [6, 6.07) is 6.07. The molecule has 112 valence electrons. The number of rotatable bonds is 9. The van der Waals surface area contributed by atoms with E-state index in [-0.39, 0.29) is 0 Å². The minimum absolute atomic E-state index is 0.641. The second-order valence-corrected chi connectivity index (χ2v) is 4.68. The fourth-order valence-electron chi connectivity index (χ4n) is 1.99. The van der Waals surface area contributed by atoms with Gasteiger partial charge in [0.05, 0.1) is 13.7 Å². The Morgan fingerprint density at radius 2 is 2.00 bits per heavy atom. The van der Waals surface area contributed by atoms with Gasteiger partial charge in [-0.25, -0.2) is 0 Å². The molecule has 0 saturated heterocycles. The van der Waals surface area contributed by atoms with E-state index in [1.807, 2.05) is 19.1 Å². The maximum absolute atomic E-state index is 5.61. The van der Waals surface area contributed by atoms with E-state index in [4.69, 9.17) is 9.47 Å². The zero-order valence-corrected chi connectivity index (χ0v) is 13.2. The van der Waals surface area contributed by atoms with Crippen molar-refractivity contribution in [3.05, 3.63) is 29.3 Å². The van der Waals surface area contributed by atoms with Gasteiger partial charge in [0, 0.05) is 6.54 Å². The number of ether oxygens (including phenoxy) is 2. The van der Waals surface area contributed by atoms with Gasteiger partial charge in [-0.2, -0.15) is 0 Å². The van der Waals surface area contributed by atoms with Crippen LogP contribution in [0.5, 0.6) is 11.5 Å². The number of hydrogen-bond donors (Lipinski definition) is 1. The van der Waals surface area contributed by atoms with Gasteiger partial charge >= 0.3 is 0 Å². The molecule has 20 heavy (non-hydrogen) atoms. The molecular weight excluding hydrogens is 250 g/mol. The highest BCUT2D eigenvalue weighted by molar-refractivity contribution is 5.58. The molecule has 0 amide bonds. The van der Waals surface area contributed by atoms with Crippen LogP contribution in [0.15, 0.2) is 23.8 Å². The molecule has 0 fully saturated rings. The molecule has 0 spiro atoms. The summed E-state index contributed by atoms with van der Waals surface area (Å²) >= 11 is 0. The summed E-state index contributed by atoms with van der Waals surface area (Å²) < 4.78 is 10.9. The highest BCUT2D eigenvalue weighted by atomic mass is 16.5. The average molecular weight is 277 g/mol. The van der Waals surface area contributed by atoms with Crippen LogP contribution in [0.25, 0.3) is 6.08 Å². The Labute approximate surface area is 123 Å². The monoisotopic (exact) mass is 277 g/mol. The molecule has 0 heterocycles. The van der Waals surface area contributed by atoms with Crippen molar-refractivity contribution in [2.45, 2.75) is 33.6 Å². The normalized spacial score (nSPS) is 11.5. The Balaban J connectivity index is 2.85. The molecule has 0 bridgehead atoms. The van der Waals surface area contributed by atoms with Crippen molar-refractivity contribution < 1.29 is 9.47 Å². The molecule has 3 heteroatoms. The number of hydrogen-bond acceptors (Lipinski definition) is 3. The predicted octanol–water partition coefficient (Wildman–Crippen LogP) is 3.89. The highest BCUT2D eigenvalue weighted by Crippen LogP contribution is 2.29. The fourth-order valence-corrected chi connectivity index (χ4v) is 1.99. The molecule has 0 aliphatic rings. The third-order valence-electron chi connectivity index (χ3n) is 3.09. The Kier molecular flexibility index (Phi) is 7.81. The smallest absolute Gasteiger partial charge is 0.161 e. The van der Waals surface area contributed by atoms with Gasteiger partial charge in [0.15, 0.2) is 11.5 Å². The van der Waals surface area contributed by atoms with Crippen molar-refractivity contribution in [1.29, 1.82) is 0 Å². The molecule has 0 aromatic heterocycles. The van der Waals surface area contributed by atoms with E-state index in [1.54, 1.807) is 7.11 Å². The topological polar surface area (TPSA) is 30.5 Å². The lowest BCUT2D eigenvalue weighted by Gasteiger charge is -2.11. The summed E-state index contributed by atoms with van der Waals surface area (Å²) in [7, 11) is 1.67. The second kappa shape index (κ2) is 9.43. The standard InChI is InChI=1S/C17H27NO2/c1-5-10-18-13-14(6-2)11-15-8-9-16(19-4)17(12-15)20-7-3/h8-9,11-12,18H,5-7,10,13H2,1-4H3. The minimum Gasteiger partial charge on any atom is -0.493 e. The minimum atomic E-state index is 0.641. The van der Waals surface area contributed by atoms with Crippen LogP contribution < -0.4 is 14.8 Å². The summed E-state index contributed by atoms with van der Waals surface area (Å²) in [6.07, 6.45) is 4.44. The third-order valence-corrected chi connectivity index (χ3v) is 3.09. The first-order valence-corrected chi connectivity index (χ1v) is 7.46. The van der Waals surface area contributed by atoms with E-state index < -0.39 is 0 Å². The lowest BCUT2D eigenvalue weighted by atomic mass is 10.1. The SMILES string of the molecule is CCCNCC(=Cc1ccc(OC)c(OCC)c1)CC. The summed E-state index contributed by atoms with van der Waals surface area (Å²) in [5.74, 6) is 1.59. The molecule has 1 N–H and O–H groups in total. The van der Waals surface area contributed by atoms with E-state index in [0.717, 1.165) is 43.0 Å². The van der Waals surface area contributed by atoms with E-state index in [2.05, 4.69) is 31.3 Å². The molecule has 1 aromatic carbocycles. The summed E-state index contributed by atoms with van der Waals surface area (Å²) in [4.78, 5) is 0. The van der Waals surface area contributed by atoms with E-state index in [9.17, 15) is 0 Å². The predicted molar refractivity (Wildman–Crippen MR) is 85.6 cm³/mol. The Bertz CT molecular complexity index is 427. The van der Waals surface area contributed by atoms with Crippen molar-refractivity contribution in [2.75, 3.05) is 26.8 Å². The Morgan fingerprint density at radius 1 is 1.20 bits per heavy atom. The molecule has 0 unspecified atom stereocenters. The van der Waals surface area contributed by atoms with E-state index in [1.165, 1.54) is 5.57 Å². The van der Waals surface area contributed by atoms with Crippen LogP contribution >= 0.6 is 0 Å². The van der Waals surface area contributed by atoms with Crippen LogP contribution in [-0.4, -0.2) is 26.8 Å². The first-order valence-electron chi connectivity index (χ1n) is 7.46. The Hall–Kier alpha value is -1.48. The maximum Gasteiger partial charge on any atom is 0.161 e. The fraction of sp³-hybridized carbons (Fsp3) is 0.529. The van der Waals surface area contributed by atoms with Crippen molar-refractivity contribution in [1.82, 2.24) is 5.32 Å². The van der Waals surface area contributed by atoms with E-state index >= 15 is 0 Å². The molecule has 0 atom stereocenters. The summed E-state index contributed by atoms with van der Waals surface area (Å²) in [6.45, 7) is 8.99. The van der Waals surface area contributed by atoms with Crippen LogP contribution in [0.1, 0.15) is 39.2 Å². The maximum atomic E-state index is 5.61. The van der Waals surface area contributed by atoms with Crippen molar-refractivity contribution in [3.8, 4) is 11.5 Å². The lowest BCUT2D eigenvalue weighted by Crippen LogP contribution is -2.17. The zero-order valence-electron chi connectivity index (χ0n) is 13.2. The first-order chi connectivity index (χ1) is 9.74. The molecule has 1 aromatic rings. The van der Waals surface area contributed by atoms with Gasteiger partial charge in [0.2, 0.25) is 0 Å². The number of benzene rings is 1. The van der Waals surface area contributed by atoms with Crippen molar-refractivity contribution >= 4 is 6.08 Å². The van der Waals surface area contributed by atoms with Crippen LogP contribution in [0.3, 0.4) is 0 Å². The van der Waals surface area contributed by atoms with Crippen LogP contribution in [0.2, 0.25) is 0 Å². The van der Waals surface area contributed by atoms with Crippen molar-refractivity contribution in [3.63, 3.8) is 0 Å². The Morgan fingerprint density at radius 3 is 2.60 bits per heavy atom. The molecule has 1 rings (SSSR count). The highest BCUT2D eigenvalue weighted by Gasteiger charge is 2.04. The number of nitrogens with one attached hydrogen (secondary N) is 1. The third kappa shape index (κ3) is 5.25.